The van der Waals surface area contributed by atoms with Gasteiger partial charge < -0.3 is 14.5 Å². The maximum atomic E-state index is 12.9. The van der Waals surface area contributed by atoms with Crippen molar-refractivity contribution < 1.29 is 17.9 Å². The van der Waals surface area contributed by atoms with Crippen LogP contribution in [0.15, 0.2) is 60.9 Å². The molecule has 32 heavy (non-hydrogen) atoms. The van der Waals surface area contributed by atoms with E-state index in [1.165, 1.54) is 12.1 Å². The second kappa shape index (κ2) is 7.94. The number of nitrogens with zero attached hydrogens (tertiary/aromatic N) is 4. The zero-order valence-electron chi connectivity index (χ0n) is 17.4. The number of rotatable bonds is 3. The second-order valence-electron chi connectivity index (χ2n) is 7.95. The number of halogens is 3. The van der Waals surface area contributed by atoms with E-state index >= 15 is 0 Å². The second-order valence-corrected chi connectivity index (χ2v) is 7.95. The molecule has 0 radical (unpaired) electrons. The predicted octanol–water partition coefficient (Wildman–Crippen LogP) is 5.10. The normalized spacial score (nSPS) is 15.4. The predicted molar refractivity (Wildman–Crippen MR) is 119 cm³/mol. The van der Waals surface area contributed by atoms with Gasteiger partial charge in [-0.3, -0.25) is 9.97 Å². The summed E-state index contributed by atoms with van der Waals surface area (Å²) in [5, 5.41) is 2.67. The third-order valence-electron chi connectivity index (χ3n) is 5.77. The highest BCUT2D eigenvalue weighted by molar-refractivity contribution is 6.01. The summed E-state index contributed by atoms with van der Waals surface area (Å²) in [6.07, 6.45) is -1.18. The number of alkyl halides is 3. The summed E-state index contributed by atoms with van der Waals surface area (Å²) in [6.45, 7) is 3.21. The molecule has 0 saturated carbocycles. The van der Waals surface area contributed by atoms with Gasteiger partial charge in [0.2, 0.25) is 0 Å². The summed E-state index contributed by atoms with van der Waals surface area (Å²) in [7, 11) is 2.06. The van der Waals surface area contributed by atoms with Crippen LogP contribution in [0.5, 0.6) is 5.75 Å². The van der Waals surface area contributed by atoms with Crippen molar-refractivity contribution in [3.05, 3.63) is 60.9 Å². The van der Waals surface area contributed by atoms with Crippen molar-refractivity contribution in [1.29, 1.82) is 0 Å². The summed E-state index contributed by atoms with van der Waals surface area (Å²) in [6, 6.07) is 14.2. The van der Waals surface area contributed by atoms with E-state index in [0.29, 0.717) is 10.9 Å². The first-order chi connectivity index (χ1) is 15.4. The van der Waals surface area contributed by atoms with Crippen LogP contribution in [-0.2, 0) is 0 Å². The quantitative estimate of drug-likeness (QED) is 0.445. The summed E-state index contributed by atoms with van der Waals surface area (Å²) in [5.41, 5.74) is 2.96. The van der Waals surface area contributed by atoms with Crippen LogP contribution >= 0.6 is 0 Å². The van der Waals surface area contributed by atoms with E-state index in [2.05, 4.69) is 31.6 Å². The van der Waals surface area contributed by atoms with Crippen molar-refractivity contribution in [3.8, 4) is 17.0 Å². The molecule has 0 aliphatic carbocycles. The summed E-state index contributed by atoms with van der Waals surface area (Å²) < 4.78 is 42.8. The first kappa shape index (κ1) is 20.5. The van der Waals surface area contributed by atoms with Gasteiger partial charge in [0.15, 0.2) is 0 Å². The van der Waals surface area contributed by atoms with Crippen LogP contribution in [0, 0.1) is 0 Å². The minimum absolute atomic E-state index is 0.259. The van der Waals surface area contributed by atoms with E-state index < -0.39 is 6.36 Å². The van der Waals surface area contributed by atoms with Gasteiger partial charge in [0.05, 0.1) is 16.9 Å². The van der Waals surface area contributed by atoms with E-state index in [4.69, 9.17) is 0 Å². The molecule has 2 aromatic heterocycles. The Morgan fingerprint density at radius 3 is 2.38 bits per heavy atom. The fourth-order valence-corrected chi connectivity index (χ4v) is 4.14. The van der Waals surface area contributed by atoms with Gasteiger partial charge in [-0.1, -0.05) is 24.3 Å². The van der Waals surface area contributed by atoms with Crippen molar-refractivity contribution in [2.24, 2.45) is 0 Å². The third-order valence-corrected chi connectivity index (χ3v) is 5.77. The Balaban J connectivity index is 1.70. The number of fused-ring (bicyclic) bond motifs is 2. The largest absolute Gasteiger partial charge is 0.573 e. The number of hydrogen-bond donors (Lipinski definition) is 0. The topological polar surface area (TPSA) is 41.5 Å². The number of ether oxygens (including phenoxy) is 1. The molecule has 0 unspecified atom stereocenters. The number of piperazine rings is 1. The Morgan fingerprint density at radius 1 is 0.875 bits per heavy atom. The highest BCUT2D eigenvalue weighted by Gasteiger charge is 2.31. The molecular weight excluding hydrogens is 417 g/mol. The lowest BCUT2D eigenvalue weighted by molar-refractivity contribution is -0.274. The molecule has 5 rings (SSSR count). The van der Waals surface area contributed by atoms with Crippen LogP contribution in [-0.4, -0.2) is 54.5 Å². The Kier molecular flexibility index (Phi) is 5.09. The van der Waals surface area contributed by atoms with E-state index in [1.807, 2.05) is 36.5 Å². The van der Waals surface area contributed by atoms with E-state index in [1.54, 1.807) is 12.3 Å². The highest BCUT2D eigenvalue weighted by Crippen LogP contribution is 2.39. The van der Waals surface area contributed by atoms with E-state index in [-0.39, 0.29) is 5.75 Å². The molecular formula is C24H21F3N4O. The van der Waals surface area contributed by atoms with Gasteiger partial charge in [-0.05, 0) is 36.7 Å². The fourth-order valence-electron chi connectivity index (χ4n) is 4.14. The van der Waals surface area contributed by atoms with Crippen LogP contribution in [0.4, 0.5) is 18.9 Å². The lowest BCUT2D eigenvalue weighted by Crippen LogP contribution is -2.44. The van der Waals surface area contributed by atoms with Gasteiger partial charge in [0.1, 0.15) is 5.75 Å². The number of pyridine rings is 2. The zero-order valence-corrected chi connectivity index (χ0v) is 17.4. The van der Waals surface area contributed by atoms with Crippen molar-refractivity contribution in [1.82, 2.24) is 14.9 Å². The molecule has 1 aliphatic heterocycles. The molecule has 5 nitrogen and oxygen atoms in total. The SMILES string of the molecule is CN1CCN(c2c(-c3cc4ccccc4cn3)cnc3ccc(OC(F)(F)F)cc23)CC1. The average molecular weight is 438 g/mol. The van der Waals surface area contributed by atoms with Crippen LogP contribution < -0.4 is 9.64 Å². The Labute approximate surface area is 183 Å². The van der Waals surface area contributed by atoms with Crippen LogP contribution in [0.1, 0.15) is 0 Å². The van der Waals surface area contributed by atoms with Gasteiger partial charge in [-0.2, -0.15) is 0 Å². The van der Waals surface area contributed by atoms with Crippen molar-refractivity contribution in [2.45, 2.75) is 6.36 Å². The maximum Gasteiger partial charge on any atom is 0.573 e. The Hall–Kier alpha value is -3.39. The number of hydrogen-bond acceptors (Lipinski definition) is 5. The Morgan fingerprint density at radius 2 is 1.62 bits per heavy atom. The molecule has 0 N–H and O–H groups in total. The van der Waals surface area contributed by atoms with Crippen molar-refractivity contribution in [3.63, 3.8) is 0 Å². The molecule has 2 aromatic carbocycles. The highest BCUT2D eigenvalue weighted by atomic mass is 19.4. The third kappa shape index (κ3) is 4.05. The van der Waals surface area contributed by atoms with Crippen molar-refractivity contribution in [2.75, 3.05) is 38.1 Å². The lowest BCUT2D eigenvalue weighted by atomic mass is 10.0. The van der Waals surface area contributed by atoms with E-state index in [0.717, 1.165) is 53.9 Å². The fraction of sp³-hybridized carbons (Fsp3) is 0.250. The van der Waals surface area contributed by atoms with Crippen LogP contribution in [0.3, 0.4) is 0 Å². The van der Waals surface area contributed by atoms with Gasteiger partial charge in [0, 0.05) is 54.9 Å². The zero-order chi connectivity index (χ0) is 22.3. The van der Waals surface area contributed by atoms with Gasteiger partial charge in [-0.15, -0.1) is 13.2 Å². The molecule has 1 aliphatic rings. The molecule has 0 spiro atoms. The number of aromatic nitrogens is 2. The first-order valence-electron chi connectivity index (χ1n) is 10.3. The smallest absolute Gasteiger partial charge is 0.406 e. The van der Waals surface area contributed by atoms with Crippen LogP contribution in [0.25, 0.3) is 32.9 Å². The maximum absolute atomic E-state index is 12.9. The van der Waals surface area contributed by atoms with Gasteiger partial charge in [0.25, 0.3) is 0 Å². The van der Waals surface area contributed by atoms with E-state index in [9.17, 15) is 13.2 Å². The van der Waals surface area contributed by atoms with Crippen LogP contribution in [0.2, 0.25) is 0 Å². The minimum Gasteiger partial charge on any atom is -0.406 e. The number of anilines is 1. The van der Waals surface area contributed by atoms with Gasteiger partial charge in [-0.25, -0.2) is 0 Å². The lowest BCUT2D eigenvalue weighted by Gasteiger charge is -2.35. The molecule has 1 fully saturated rings. The average Bonchev–Trinajstić information content (AvgIpc) is 2.77. The summed E-state index contributed by atoms with van der Waals surface area (Å²) in [5.74, 6) is -0.259. The molecule has 4 aromatic rings. The first-order valence-corrected chi connectivity index (χ1v) is 10.3. The molecule has 0 amide bonds. The van der Waals surface area contributed by atoms with Gasteiger partial charge >= 0.3 is 6.36 Å². The molecule has 3 heterocycles. The molecule has 1 saturated heterocycles. The standard InChI is InChI=1S/C24H21F3N4O/c1-30-8-10-31(11-9-30)23-19-13-18(32-24(25,26)27)6-7-21(19)29-15-20(23)22-12-16-4-2-3-5-17(16)14-28-22/h2-7,12-15H,8-11H2,1H3. The number of benzene rings is 2. The minimum atomic E-state index is -4.76. The molecule has 0 bridgehead atoms. The molecule has 8 heteroatoms. The molecule has 0 atom stereocenters. The summed E-state index contributed by atoms with van der Waals surface area (Å²) in [4.78, 5) is 13.6. The number of likely N-dealkylation sites (N-methyl/N-ethyl adjacent to an activating group) is 1. The molecule has 164 valence electrons. The Bertz CT molecular complexity index is 1280. The monoisotopic (exact) mass is 438 g/mol. The summed E-state index contributed by atoms with van der Waals surface area (Å²) >= 11 is 0. The van der Waals surface area contributed by atoms with Crippen molar-refractivity contribution >= 4 is 27.4 Å².